The van der Waals surface area contributed by atoms with E-state index in [1.807, 2.05) is 17.8 Å². The van der Waals surface area contributed by atoms with Crippen LogP contribution in [0.1, 0.15) is 25.1 Å². The summed E-state index contributed by atoms with van der Waals surface area (Å²) in [5.74, 6) is 1.53. The van der Waals surface area contributed by atoms with E-state index in [0.29, 0.717) is 18.6 Å². The largest absolute Gasteiger partial charge is 0.370 e. The van der Waals surface area contributed by atoms with Crippen molar-refractivity contribution in [2.45, 2.75) is 32.0 Å². The van der Waals surface area contributed by atoms with Crippen LogP contribution in [0.3, 0.4) is 0 Å². The number of hydrogen-bond donors (Lipinski definition) is 1. The van der Waals surface area contributed by atoms with E-state index in [4.69, 9.17) is 10.5 Å². The molecule has 84 valence electrons. The van der Waals surface area contributed by atoms with E-state index in [9.17, 15) is 0 Å². The molecule has 1 fully saturated rings. The molecule has 0 radical (unpaired) electrons. The number of aromatic nitrogens is 2. The van der Waals surface area contributed by atoms with Gasteiger partial charge in [0.1, 0.15) is 12.4 Å². The molecule has 1 aromatic rings. The summed E-state index contributed by atoms with van der Waals surface area (Å²) in [6.45, 7) is 1.34. The lowest BCUT2D eigenvalue weighted by Gasteiger charge is -2.18. The van der Waals surface area contributed by atoms with E-state index in [0.717, 1.165) is 18.8 Å². The second-order valence-corrected chi connectivity index (χ2v) is 4.23. The number of rotatable bonds is 4. The number of imidazole rings is 1. The topological polar surface area (TPSA) is 53.1 Å². The Bertz CT molecular complexity index is 311. The minimum absolute atomic E-state index is 0.340. The van der Waals surface area contributed by atoms with Crippen LogP contribution in [-0.4, -0.2) is 22.2 Å². The van der Waals surface area contributed by atoms with Gasteiger partial charge in [-0.3, -0.25) is 0 Å². The highest BCUT2D eigenvalue weighted by atomic mass is 16.5. The van der Waals surface area contributed by atoms with Crippen molar-refractivity contribution in [3.8, 4) is 0 Å². The molecule has 1 saturated carbocycles. The van der Waals surface area contributed by atoms with Gasteiger partial charge >= 0.3 is 0 Å². The Morgan fingerprint density at radius 1 is 1.60 bits per heavy atom. The van der Waals surface area contributed by atoms with Crippen molar-refractivity contribution in [1.29, 1.82) is 0 Å². The molecule has 2 rings (SSSR count). The third kappa shape index (κ3) is 2.38. The third-order valence-electron chi connectivity index (χ3n) is 3.24. The predicted molar refractivity (Wildman–Crippen MR) is 58.2 cm³/mol. The third-order valence-corrected chi connectivity index (χ3v) is 3.24. The maximum Gasteiger partial charge on any atom is 0.134 e. The highest BCUT2D eigenvalue weighted by Crippen LogP contribution is 2.27. The Labute approximate surface area is 90.4 Å². The normalized spacial score (nSPS) is 26.0. The highest BCUT2D eigenvalue weighted by Gasteiger charge is 2.26. The first-order valence-electron chi connectivity index (χ1n) is 5.59. The summed E-state index contributed by atoms with van der Waals surface area (Å²) < 4.78 is 7.86. The maximum atomic E-state index is 5.87. The van der Waals surface area contributed by atoms with Crippen molar-refractivity contribution < 1.29 is 4.74 Å². The summed E-state index contributed by atoms with van der Waals surface area (Å²) in [4.78, 5) is 4.23. The molecule has 0 spiro atoms. The van der Waals surface area contributed by atoms with Gasteiger partial charge in [-0.2, -0.15) is 0 Å². The van der Waals surface area contributed by atoms with Crippen LogP contribution in [-0.2, 0) is 18.4 Å². The van der Waals surface area contributed by atoms with Crippen molar-refractivity contribution in [2.24, 2.45) is 18.7 Å². The fraction of sp³-hybridized carbons (Fsp3) is 0.727. The highest BCUT2D eigenvalue weighted by molar-refractivity contribution is 4.89. The van der Waals surface area contributed by atoms with Gasteiger partial charge in [0, 0.05) is 19.4 Å². The molecule has 2 N–H and O–H groups in total. The van der Waals surface area contributed by atoms with Gasteiger partial charge in [-0.15, -0.1) is 0 Å². The van der Waals surface area contributed by atoms with E-state index in [2.05, 4.69) is 4.98 Å². The molecule has 0 amide bonds. The molecule has 4 nitrogen and oxygen atoms in total. The second kappa shape index (κ2) is 4.77. The fourth-order valence-corrected chi connectivity index (χ4v) is 2.21. The molecule has 2 unspecified atom stereocenters. The molecular weight excluding hydrogens is 190 g/mol. The van der Waals surface area contributed by atoms with Crippen LogP contribution >= 0.6 is 0 Å². The zero-order valence-corrected chi connectivity index (χ0v) is 9.22. The van der Waals surface area contributed by atoms with E-state index in [1.165, 1.54) is 12.8 Å². The number of nitrogens with zero attached hydrogens (tertiary/aromatic N) is 2. The van der Waals surface area contributed by atoms with Crippen molar-refractivity contribution in [3.63, 3.8) is 0 Å². The van der Waals surface area contributed by atoms with Gasteiger partial charge in [0.05, 0.1) is 6.10 Å². The molecular formula is C11H19N3O. The first-order valence-corrected chi connectivity index (χ1v) is 5.59. The first-order chi connectivity index (χ1) is 7.31. The van der Waals surface area contributed by atoms with Gasteiger partial charge in [0.25, 0.3) is 0 Å². The quantitative estimate of drug-likeness (QED) is 0.807. The lowest BCUT2D eigenvalue weighted by Crippen LogP contribution is -2.25. The summed E-state index contributed by atoms with van der Waals surface area (Å²) in [5, 5.41) is 0. The standard InChI is InChI=1S/C11H19N3O/c1-14-6-5-13-11(14)8-15-10-4-2-3-9(10)7-12/h5-6,9-10H,2-4,7-8,12H2,1H3. The average Bonchev–Trinajstić information content (AvgIpc) is 2.83. The molecule has 15 heavy (non-hydrogen) atoms. The van der Waals surface area contributed by atoms with Gasteiger partial charge < -0.3 is 15.0 Å². The van der Waals surface area contributed by atoms with Gasteiger partial charge in [-0.25, -0.2) is 4.98 Å². The number of ether oxygens (including phenoxy) is 1. The zero-order chi connectivity index (χ0) is 10.7. The molecule has 4 heteroatoms. The van der Waals surface area contributed by atoms with Crippen LogP contribution in [0.25, 0.3) is 0 Å². The number of nitrogens with two attached hydrogens (primary N) is 1. The SMILES string of the molecule is Cn1ccnc1COC1CCCC1CN. The van der Waals surface area contributed by atoms with Crippen LogP contribution in [0.2, 0.25) is 0 Å². The van der Waals surface area contributed by atoms with Gasteiger partial charge in [0.2, 0.25) is 0 Å². The Morgan fingerprint density at radius 3 is 3.13 bits per heavy atom. The Balaban J connectivity index is 1.85. The predicted octanol–water partition coefficient (Wildman–Crippen LogP) is 1.06. The van der Waals surface area contributed by atoms with Crippen molar-refractivity contribution in [1.82, 2.24) is 9.55 Å². The molecule has 0 bridgehead atoms. The van der Waals surface area contributed by atoms with Crippen LogP contribution < -0.4 is 5.73 Å². The zero-order valence-electron chi connectivity index (χ0n) is 9.22. The van der Waals surface area contributed by atoms with Gasteiger partial charge in [0.15, 0.2) is 0 Å². The van der Waals surface area contributed by atoms with Gasteiger partial charge in [-0.05, 0) is 25.3 Å². The van der Waals surface area contributed by atoms with E-state index in [-0.39, 0.29) is 0 Å². The van der Waals surface area contributed by atoms with Crippen molar-refractivity contribution >= 4 is 0 Å². The summed E-state index contributed by atoms with van der Waals surface area (Å²) in [6.07, 6.45) is 7.68. The molecule has 0 saturated heterocycles. The minimum atomic E-state index is 0.340. The molecule has 1 heterocycles. The van der Waals surface area contributed by atoms with Gasteiger partial charge in [-0.1, -0.05) is 6.42 Å². The molecule has 1 aliphatic rings. The van der Waals surface area contributed by atoms with Crippen LogP contribution in [0.5, 0.6) is 0 Å². The van der Waals surface area contributed by atoms with E-state index in [1.54, 1.807) is 6.20 Å². The summed E-state index contributed by atoms with van der Waals surface area (Å²) >= 11 is 0. The smallest absolute Gasteiger partial charge is 0.134 e. The molecule has 1 aromatic heterocycles. The maximum absolute atomic E-state index is 5.87. The Kier molecular flexibility index (Phi) is 3.38. The lowest BCUT2D eigenvalue weighted by molar-refractivity contribution is 0.0138. The molecule has 1 aliphatic carbocycles. The van der Waals surface area contributed by atoms with Crippen LogP contribution in [0.4, 0.5) is 0 Å². The van der Waals surface area contributed by atoms with Crippen LogP contribution in [0.15, 0.2) is 12.4 Å². The average molecular weight is 209 g/mol. The monoisotopic (exact) mass is 209 g/mol. The Morgan fingerprint density at radius 2 is 2.47 bits per heavy atom. The minimum Gasteiger partial charge on any atom is -0.370 e. The molecule has 0 aromatic carbocycles. The van der Waals surface area contributed by atoms with E-state index < -0.39 is 0 Å². The number of hydrogen-bond acceptors (Lipinski definition) is 3. The first kappa shape index (κ1) is 10.6. The lowest BCUT2D eigenvalue weighted by atomic mass is 10.1. The fourth-order valence-electron chi connectivity index (χ4n) is 2.21. The summed E-state index contributed by atoms with van der Waals surface area (Å²) in [6, 6.07) is 0. The van der Waals surface area contributed by atoms with Crippen molar-refractivity contribution in [2.75, 3.05) is 6.54 Å². The van der Waals surface area contributed by atoms with Crippen LogP contribution in [0, 0.1) is 5.92 Å². The second-order valence-electron chi connectivity index (χ2n) is 4.23. The van der Waals surface area contributed by atoms with Crippen molar-refractivity contribution in [3.05, 3.63) is 18.2 Å². The molecule has 2 atom stereocenters. The molecule has 0 aliphatic heterocycles. The Hall–Kier alpha value is -0.870. The van der Waals surface area contributed by atoms with E-state index >= 15 is 0 Å². The number of aryl methyl sites for hydroxylation is 1. The summed E-state index contributed by atoms with van der Waals surface area (Å²) in [7, 11) is 1.99. The summed E-state index contributed by atoms with van der Waals surface area (Å²) in [5.41, 5.74) is 5.70.